The van der Waals surface area contributed by atoms with E-state index in [0.717, 1.165) is 21.5 Å². The van der Waals surface area contributed by atoms with E-state index in [9.17, 15) is 0 Å². The Hall–Kier alpha value is -4.38. The third kappa shape index (κ3) is 3.68. The highest BCUT2D eigenvalue weighted by atomic mass is 79.9. The van der Waals surface area contributed by atoms with Crippen LogP contribution in [0.5, 0.6) is 0 Å². The second-order valence-electron chi connectivity index (χ2n) is 9.96. The molecule has 0 atom stereocenters. The minimum absolute atomic E-state index is 1.08. The largest absolute Gasteiger partial charge is 0.309 e. The van der Waals surface area contributed by atoms with Gasteiger partial charge in [-0.3, -0.25) is 0 Å². The van der Waals surface area contributed by atoms with Gasteiger partial charge in [-0.1, -0.05) is 82.7 Å². The van der Waals surface area contributed by atoms with E-state index in [1.807, 2.05) is 11.3 Å². The molecule has 190 valence electrons. The molecule has 2 heterocycles. The Morgan fingerprint density at radius 3 is 2.02 bits per heavy atom. The summed E-state index contributed by atoms with van der Waals surface area (Å²) in [6, 6.07) is 50.1. The second kappa shape index (κ2) is 9.37. The van der Waals surface area contributed by atoms with Gasteiger partial charge in [-0.2, -0.15) is 0 Å². The molecule has 0 bridgehead atoms. The van der Waals surface area contributed by atoms with Gasteiger partial charge in [0.15, 0.2) is 0 Å². The molecule has 8 rings (SSSR count). The molecule has 0 spiro atoms. The van der Waals surface area contributed by atoms with Crippen LogP contribution in [0.2, 0.25) is 0 Å². The van der Waals surface area contributed by atoms with E-state index < -0.39 is 0 Å². The maximum atomic E-state index is 3.73. The predicted octanol–water partition coefficient (Wildman–Crippen LogP) is 11.4. The summed E-state index contributed by atoms with van der Waals surface area (Å²) in [7, 11) is 0. The van der Waals surface area contributed by atoms with Crippen molar-refractivity contribution in [3.05, 3.63) is 144 Å². The van der Waals surface area contributed by atoms with Crippen molar-refractivity contribution in [1.82, 2.24) is 4.57 Å². The summed E-state index contributed by atoms with van der Waals surface area (Å²) in [6.45, 7) is 0. The standard InChI is InChI=1S/C36H23BrN2S/c37-24-18-20-32-30(22-24)31-23-27(19-21-33(31)39(32)26-12-5-2-6-13-26)38(25-10-3-1-4-11-25)34-16-9-15-29-28-14-7-8-17-35(28)40-36(29)34/h1-23H. The van der Waals surface area contributed by atoms with Crippen LogP contribution in [0, 0.1) is 0 Å². The molecule has 2 nitrogen and oxygen atoms in total. The van der Waals surface area contributed by atoms with Crippen molar-refractivity contribution in [1.29, 1.82) is 0 Å². The van der Waals surface area contributed by atoms with E-state index in [1.165, 1.54) is 47.7 Å². The quantitative estimate of drug-likeness (QED) is 0.197. The first-order valence-electron chi connectivity index (χ1n) is 13.3. The lowest BCUT2D eigenvalue weighted by molar-refractivity contribution is 1.18. The summed E-state index contributed by atoms with van der Waals surface area (Å²) in [5.41, 5.74) is 7.01. The maximum absolute atomic E-state index is 3.73. The van der Waals surface area contributed by atoms with Gasteiger partial charge >= 0.3 is 0 Å². The fourth-order valence-corrected chi connectivity index (χ4v) is 7.46. The highest BCUT2D eigenvalue weighted by molar-refractivity contribution is 9.10. The number of aromatic nitrogens is 1. The molecule has 6 aromatic carbocycles. The van der Waals surface area contributed by atoms with E-state index in [0.29, 0.717) is 0 Å². The van der Waals surface area contributed by atoms with Crippen LogP contribution >= 0.6 is 27.3 Å². The Morgan fingerprint density at radius 2 is 1.20 bits per heavy atom. The third-order valence-corrected chi connectivity index (χ3v) is 9.32. The van der Waals surface area contributed by atoms with Crippen molar-refractivity contribution in [2.75, 3.05) is 4.90 Å². The Morgan fingerprint density at radius 1 is 0.525 bits per heavy atom. The van der Waals surface area contributed by atoms with E-state index in [4.69, 9.17) is 0 Å². The van der Waals surface area contributed by atoms with Crippen LogP contribution in [0.3, 0.4) is 0 Å². The first kappa shape index (κ1) is 23.5. The number of hydrogen-bond acceptors (Lipinski definition) is 2. The zero-order valence-corrected chi connectivity index (χ0v) is 23.9. The third-order valence-electron chi connectivity index (χ3n) is 7.62. The molecule has 0 radical (unpaired) electrons. The lowest BCUT2D eigenvalue weighted by Gasteiger charge is -2.26. The molecule has 0 unspecified atom stereocenters. The average Bonchev–Trinajstić information content (AvgIpc) is 3.54. The van der Waals surface area contributed by atoms with Crippen molar-refractivity contribution in [2.45, 2.75) is 0 Å². The molecule has 0 aliphatic heterocycles. The van der Waals surface area contributed by atoms with E-state index in [-0.39, 0.29) is 0 Å². The summed E-state index contributed by atoms with van der Waals surface area (Å²) >= 11 is 5.59. The number of anilines is 3. The van der Waals surface area contributed by atoms with Crippen molar-refractivity contribution < 1.29 is 0 Å². The molecular weight excluding hydrogens is 572 g/mol. The number of hydrogen-bond donors (Lipinski definition) is 0. The van der Waals surface area contributed by atoms with Crippen molar-refractivity contribution in [2.24, 2.45) is 0 Å². The molecule has 0 aliphatic carbocycles. The lowest BCUT2D eigenvalue weighted by atomic mass is 10.1. The molecule has 0 saturated carbocycles. The minimum atomic E-state index is 1.08. The van der Waals surface area contributed by atoms with Gasteiger partial charge in [0, 0.05) is 47.8 Å². The molecule has 4 heteroatoms. The Balaban J connectivity index is 1.42. The van der Waals surface area contributed by atoms with Crippen LogP contribution in [-0.2, 0) is 0 Å². The van der Waals surface area contributed by atoms with Crippen LogP contribution in [0.1, 0.15) is 0 Å². The molecule has 40 heavy (non-hydrogen) atoms. The van der Waals surface area contributed by atoms with Gasteiger partial charge in [0.2, 0.25) is 0 Å². The summed E-state index contributed by atoms with van der Waals surface area (Å²) in [6.07, 6.45) is 0. The van der Waals surface area contributed by atoms with Gasteiger partial charge in [0.05, 0.1) is 21.4 Å². The molecule has 8 aromatic rings. The summed E-state index contributed by atoms with van der Waals surface area (Å²) in [5, 5.41) is 5.05. The normalized spacial score (nSPS) is 11.6. The number of fused-ring (bicyclic) bond motifs is 6. The molecule has 0 saturated heterocycles. The van der Waals surface area contributed by atoms with Crippen molar-refractivity contribution in [3.63, 3.8) is 0 Å². The minimum Gasteiger partial charge on any atom is -0.309 e. The van der Waals surface area contributed by atoms with E-state index in [2.05, 4.69) is 165 Å². The van der Waals surface area contributed by atoms with Crippen LogP contribution < -0.4 is 4.90 Å². The maximum Gasteiger partial charge on any atom is 0.0640 e. The summed E-state index contributed by atoms with van der Waals surface area (Å²) in [5.74, 6) is 0. The number of nitrogens with zero attached hydrogens (tertiary/aromatic N) is 2. The Bertz CT molecular complexity index is 2180. The van der Waals surface area contributed by atoms with Gasteiger partial charge in [0.1, 0.15) is 0 Å². The first-order valence-corrected chi connectivity index (χ1v) is 14.9. The van der Waals surface area contributed by atoms with Gasteiger partial charge < -0.3 is 9.47 Å². The topological polar surface area (TPSA) is 8.17 Å². The fourth-order valence-electron chi connectivity index (χ4n) is 5.89. The smallest absolute Gasteiger partial charge is 0.0640 e. The number of benzene rings is 6. The van der Waals surface area contributed by atoms with Crippen LogP contribution in [0.4, 0.5) is 17.1 Å². The monoisotopic (exact) mass is 594 g/mol. The lowest BCUT2D eigenvalue weighted by Crippen LogP contribution is -2.09. The number of thiophene rings is 1. The van der Waals surface area contributed by atoms with Gasteiger partial charge in [-0.15, -0.1) is 11.3 Å². The Labute approximate surface area is 244 Å². The average molecular weight is 596 g/mol. The number of para-hydroxylation sites is 2. The highest BCUT2D eigenvalue weighted by Gasteiger charge is 2.20. The SMILES string of the molecule is Brc1ccc2c(c1)c1cc(N(c3ccccc3)c3cccc4c3sc3ccccc34)ccc1n2-c1ccccc1. The highest BCUT2D eigenvalue weighted by Crippen LogP contribution is 2.46. The molecule has 2 aromatic heterocycles. The predicted molar refractivity (Wildman–Crippen MR) is 176 cm³/mol. The summed E-state index contributed by atoms with van der Waals surface area (Å²) in [4.78, 5) is 2.40. The van der Waals surface area contributed by atoms with Gasteiger partial charge in [0.25, 0.3) is 0 Å². The molecule has 0 amide bonds. The zero-order chi connectivity index (χ0) is 26.6. The van der Waals surface area contributed by atoms with Crippen LogP contribution in [0.25, 0.3) is 47.7 Å². The van der Waals surface area contributed by atoms with Crippen LogP contribution in [-0.4, -0.2) is 4.57 Å². The first-order chi connectivity index (χ1) is 19.8. The zero-order valence-electron chi connectivity index (χ0n) is 21.5. The second-order valence-corrected chi connectivity index (χ2v) is 11.9. The van der Waals surface area contributed by atoms with E-state index >= 15 is 0 Å². The van der Waals surface area contributed by atoms with Gasteiger partial charge in [-0.25, -0.2) is 0 Å². The van der Waals surface area contributed by atoms with E-state index in [1.54, 1.807) is 0 Å². The number of halogens is 1. The molecule has 0 aliphatic rings. The molecule has 0 N–H and O–H groups in total. The Kier molecular flexibility index (Phi) is 5.51. The van der Waals surface area contributed by atoms with Gasteiger partial charge in [-0.05, 0) is 72.8 Å². The van der Waals surface area contributed by atoms with Crippen LogP contribution in [0.15, 0.2) is 144 Å². The van der Waals surface area contributed by atoms with Crippen molar-refractivity contribution >= 4 is 86.3 Å². The molecular formula is C36H23BrN2S. The molecule has 0 fully saturated rings. The fraction of sp³-hybridized carbons (Fsp3) is 0. The summed E-state index contributed by atoms with van der Waals surface area (Å²) < 4.78 is 6.04. The van der Waals surface area contributed by atoms with Crippen molar-refractivity contribution in [3.8, 4) is 5.69 Å². The number of rotatable bonds is 4.